The summed E-state index contributed by atoms with van der Waals surface area (Å²) in [7, 11) is -2.50. The Labute approximate surface area is 173 Å². The number of sulfonamides is 1. The Bertz CT molecular complexity index is 990. The summed E-state index contributed by atoms with van der Waals surface area (Å²) in [5, 5.41) is 3.06. The second-order valence-corrected chi connectivity index (χ2v) is 8.65. The van der Waals surface area contributed by atoms with Crippen molar-refractivity contribution in [1.82, 2.24) is 14.5 Å². The molecule has 156 valence electrons. The summed E-state index contributed by atoms with van der Waals surface area (Å²) in [5.74, 6) is -0.472. The van der Waals surface area contributed by atoms with Crippen molar-refractivity contribution in [3.05, 3.63) is 47.2 Å². The number of amides is 3. The van der Waals surface area contributed by atoms with Crippen molar-refractivity contribution in [3.63, 3.8) is 0 Å². The first-order valence-electron chi connectivity index (χ1n) is 8.94. The van der Waals surface area contributed by atoms with Crippen molar-refractivity contribution in [2.75, 3.05) is 38.5 Å². The lowest BCUT2D eigenvalue weighted by atomic mass is 10.3. The van der Waals surface area contributed by atoms with E-state index in [1.165, 1.54) is 19.2 Å². The molecule has 11 heteroatoms. The molecule has 1 saturated heterocycles. The van der Waals surface area contributed by atoms with E-state index >= 15 is 0 Å². The molecule has 1 aliphatic rings. The van der Waals surface area contributed by atoms with Crippen molar-refractivity contribution in [1.29, 1.82) is 0 Å². The van der Waals surface area contributed by atoms with Gasteiger partial charge in [0.15, 0.2) is 5.76 Å². The molecule has 1 aliphatic heterocycles. The number of carbonyl (C=O) groups is 2. The van der Waals surface area contributed by atoms with Crippen LogP contribution < -0.4 is 10.0 Å². The van der Waals surface area contributed by atoms with Gasteiger partial charge in [0.2, 0.25) is 5.09 Å². The maximum Gasteiger partial charge on any atom is 0.321 e. The molecule has 1 aromatic carbocycles. The maximum atomic E-state index is 12.7. The topological polar surface area (TPSA) is 112 Å². The summed E-state index contributed by atoms with van der Waals surface area (Å²) in [6.45, 7) is 1.56. The largest absolute Gasteiger partial charge is 0.438 e. The Hall–Kier alpha value is -2.56. The zero-order valence-electron chi connectivity index (χ0n) is 15.7. The fourth-order valence-electron chi connectivity index (χ4n) is 2.90. The Morgan fingerprint density at radius 2 is 1.66 bits per heavy atom. The minimum Gasteiger partial charge on any atom is -0.438 e. The molecule has 0 bridgehead atoms. The number of nitrogens with one attached hydrogen (secondary N) is 2. The second kappa shape index (κ2) is 8.85. The number of hydrogen-bond donors (Lipinski definition) is 2. The highest BCUT2D eigenvalue weighted by Gasteiger charge is 2.26. The van der Waals surface area contributed by atoms with E-state index in [9.17, 15) is 18.0 Å². The van der Waals surface area contributed by atoms with E-state index in [1.54, 1.807) is 34.1 Å². The number of urea groups is 1. The van der Waals surface area contributed by atoms with Gasteiger partial charge in [0.25, 0.3) is 15.9 Å². The van der Waals surface area contributed by atoms with E-state index in [1.807, 2.05) is 0 Å². The number of hydrogen-bond acceptors (Lipinski definition) is 5. The first-order chi connectivity index (χ1) is 13.8. The van der Waals surface area contributed by atoms with Crippen LogP contribution in [-0.4, -0.2) is 63.4 Å². The van der Waals surface area contributed by atoms with Gasteiger partial charge >= 0.3 is 6.03 Å². The smallest absolute Gasteiger partial charge is 0.321 e. The fraction of sp³-hybridized carbons (Fsp3) is 0.333. The Kier molecular flexibility index (Phi) is 6.46. The number of furan rings is 1. The number of halogens is 1. The van der Waals surface area contributed by atoms with Crippen LogP contribution in [0.3, 0.4) is 0 Å². The molecule has 0 aliphatic carbocycles. The zero-order chi connectivity index (χ0) is 21.0. The van der Waals surface area contributed by atoms with E-state index in [0.29, 0.717) is 43.3 Å². The molecule has 1 aromatic heterocycles. The average molecular weight is 441 g/mol. The van der Waals surface area contributed by atoms with E-state index in [4.69, 9.17) is 16.0 Å². The predicted molar refractivity (Wildman–Crippen MR) is 108 cm³/mol. The highest BCUT2D eigenvalue weighted by atomic mass is 35.5. The number of benzene rings is 1. The van der Waals surface area contributed by atoms with Crippen LogP contribution in [0.5, 0.6) is 0 Å². The average Bonchev–Trinajstić information content (AvgIpc) is 3.08. The molecule has 2 heterocycles. The Morgan fingerprint density at radius 1 is 1.00 bits per heavy atom. The van der Waals surface area contributed by atoms with Gasteiger partial charge in [0, 0.05) is 36.9 Å². The molecule has 0 atom stereocenters. The van der Waals surface area contributed by atoms with Gasteiger partial charge in [-0.15, -0.1) is 0 Å². The third-order valence-electron chi connectivity index (χ3n) is 4.49. The van der Waals surface area contributed by atoms with Crippen LogP contribution in [0.2, 0.25) is 5.02 Å². The minimum atomic E-state index is -3.76. The van der Waals surface area contributed by atoms with Crippen molar-refractivity contribution < 1.29 is 22.4 Å². The molecule has 3 amide bonds. The van der Waals surface area contributed by atoms with Crippen molar-refractivity contribution in [2.24, 2.45) is 0 Å². The monoisotopic (exact) mass is 440 g/mol. The lowest BCUT2D eigenvalue weighted by Gasteiger charge is -2.22. The lowest BCUT2D eigenvalue weighted by molar-refractivity contribution is 0.0725. The molecule has 3 rings (SSSR count). The third-order valence-corrected chi connectivity index (χ3v) is 6.03. The van der Waals surface area contributed by atoms with Crippen LogP contribution >= 0.6 is 11.6 Å². The minimum absolute atomic E-state index is 0.0575. The van der Waals surface area contributed by atoms with Gasteiger partial charge in [-0.2, -0.15) is 0 Å². The first-order valence-corrected chi connectivity index (χ1v) is 10.8. The molecule has 9 nitrogen and oxygen atoms in total. The summed E-state index contributed by atoms with van der Waals surface area (Å²) >= 11 is 5.84. The SMILES string of the molecule is CNS(=O)(=O)c1ccc(C(=O)N2CCCN(C(=O)Nc3ccc(Cl)cc3)CC2)o1. The van der Waals surface area contributed by atoms with Crippen LogP contribution in [0.4, 0.5) is 10.5 Å². The van der Waals surface area contributed by atoms with Crippen molar-refractivity contribution in [2.45, 2.75) is 11.5 Å². The standard InChI is InChI=1S/C18H21ClN4O5S/c1-20-29(26,27)16-8-7-15(28-16)17(24)22-9-2-10-23(12-11-22)18(25)21-14-5-3-13(19)4-6-14/h3-8,20H,2,9-12H2,1H3,(H,21,25). The molecular weight excluding hydrogens is 420 g/mol. The van der Waals surface area contributed by atoms with E-state index in [-0.39, 0.29) is 16.9 Å². The van der Waals surface area contributed by atoms with Crippen LogP contribution in [0, 0.1) is 0 Å². The summed E-state index contributed by atoms with van der Waals surface area (Å²) < 4.78 is 30.9. The Morgan fingerprint density at radius 3 is 2.34 bits per heavy atom. The van der Waals surface area contributed by atoms with Gasteiger partial charge in [-0.3, -0.25) is 4.79 Å². The van der Waals surface area contributed by atoms with Gasteiger partial charge in [0.1, 0.15) is 0 Å². The first kappa shape index (κ1) is 21.2. The van der Waals surface area contributed by atoms with E-state index in [2.05, 4.69) is 10.0 Å². The van der Waals surface area contributed by atoms with Gasteiger partial charge in [-0.05, 0) is 49.9 Å². The summed E-state index contributed by atoms with van der Waals surface area (Å²) in [6, 6.07) is 9.11. The number of nitrogens with zero attached hydrogens (tertiary/aromatic N) is 2. The van der Waals surface area contributed by atoms with E-state index in [0.717, 1.165) is 0 Å². The quantitative estimate of drug-likeness (QED) is 0.757. The number of carbonyl (C=O) groups excluding carboxylic acids is 2. The van der Waals surface area contributed by atoms with Gasteiger partial charge in [-0.25, -0.2) is 17.9 Å². The van der Waals surface area contributed by atoms with Gasteiger partial charge in [0.05, 0.1) is 0 Å². The van der Waals surface area contributed by atoms with Crippen LogP contribution in [0.1, 0.15) is 17.0 Å². The molecule has 2 aromatic rings. The number of anilines is 1. The van der Waals surface area contributed by atoms with Crippen molar-refractivity contribution >= 4 is 39.2 Å². The molecule has 0 spiro atoms. The molecule has 2 N–H and O–H groups in total. The second-order valence-electron chi connectivity index (χ2n) is 6.40. The van der Waals surface area contributed by atoms with Crippen LogP contribution in [0.15, 0.2) is 45.9 Å². The van der Waals surface area contributed by atoms with Crippen LogP contribution in [-0.2, 0) is 10.0 Å². The lowest BCUT2D eigenvalue weighted by Crippen LogP contribution is -2.39. The highest BCUT2D eigenvalue weighted by molar-refractivity contribution is 7.89. The molecule has 0 radical (unpaired) electrons. The Balaban J connectivity index is 1.61. The van der Waals surface area contributed by atoms with Crippen molar-refractivity contribution in [3.8, 4) is 0 Å². The fourth-order valence-corrected chi connectivity index (χ4v) is 3.67. The van der Waals surface area contributed by atoms with Crippen LogP contribution in [0.25, 0.3) is 0 Å². The molecule has 29 heavy (non-hydrogen) atoms. The molecule has 1 fully saturated rings. The highest BCUT2D eigenvalue weighted by Crippen LogP contribution is 2.17. The summed E-state index contributed by atoms with van der Waals surface area (Å²) in [4.78, 5) is 28.3. The van der Waals surface area contributed by atoms with Gasteiger partial charge in [-0.1, -0.05) is 11.6 Å². The summed E-state index contributed by atoms with van der Waals surface area (Å²) in [6.07, 6.45) is 0.585. The molecular formula is C18H21ClN4O5S. The predicted octanol–water partition coefficient (Wildman–Crippen LogP) is 2.22. The molecule has 0 unspecified atom stereocenters. The van der Waals surface area contributed by atoms with E-state index < -0.39 is 15.9 Å². The molecule has 0 saturated carbocycles. The zero-order valence-corrected chi connectivity index (χ0v) is 17.3. The maximum absolute atomic E-state index is 12.7. The third kappa shape index (κ3) is 5.08. The summed E-state index contributed by atoms with van der Waals surface area (Å²) in [5.41, 5.74) is 0.630. The normalized spacial score (nSPS) is 15.1. The van der Waals surface area contributed by atoms with Gasteiger partial charge < -0.3 is 19.5 Å². The number of rotatable bonds is 4.